The van der Waals surface area contributed by atoms with Crippen molar-refractivity contribution in [3.05, 3.63) is 22.4 Å². The van der Waals surface area contributed by atoms with Crippen molar-refractivity contribution in [1.29, 1.82) is 0 Å². The van der Waals surface area contributed by atoms with Crippen LogP contribution >= 0.6 is 11.3 Å². The predicted molar refractivity (Wildman–Crippen MR) is 85.8 cm³/mol. The van der Waals surface area contributed by atoms with Crippen molar-refractivity contribution in [2.24, 2.45) is 17.3 Å². The van der Waals surface area contributed by atoms with Gasteiger partial charge in [-0.05, 0) is 54.5 Å². The second kappa shape index (κ2) is 6.41. The highest BCUT2D eigenvalue weighted by Gasteiger charge is 2.38. The first-order valence-electron chi connectivity index (χ1n) is 7.78. The molecule has 1 fully saturated rings. The van der Waals surface area contributed by atoms with Gasteiger partial charge in [0.25, 0.3) is 0 Å². The number of nitrogens with one attached hydrogen (secondary N) is 1. The van der Waals surface area contributed by atoms with Crippen LogP contribution in [0.5, 0.6) is 0 Å². The summed E-state index contributed by atoms with van der Waals surface area (Å²) in [7, 11) is 0. The Labute approximate surface area is 122 Å². The van der Waals surface area contributed by atoms with Crippen molar-refractivity contribution in [2.75, 3.05) is 6.54 Å². The lowest BCUT2D eigenvalue weighted by Gasteiger charge is -2.44. The van der Waals surface area contributed by atoms with E-state index in [9.17, 15) is 0 Å². The number of thiophene rings is 1. The van der Waals surface area contributed by atoms with Gasteiger partial charge >= 0.3 is 0 Å². The van der Waals surface area contributed by atoms with E-state index in [-0.39, 0.29) is 0 Å². The largest absolute Gasteiger partial charge is 0.314 e. The zero-order valence-electron chi connectivity index (χ0n) is 12.9. The van der Waals surface area contributed by atoms with Crippen molar-refractivity contribution in [3.8, 4) is 0 Å². The minimum atomic E-state index is 0.401. The van der Waals surface area contributed by atoms with Crippen LogP contribution in [0.4, 0.5) is 0 Å². The molecule has 0 aliphatic heterocycles. The second-order valence-corrected chi connectivity index (χ2v) is 7.97. The molecule has 1 saturated carbocycles. The topological polar surface area (TPSA) is 12.0 Å². The maximum Gasteiger partial charge on any atom is 0.0103 e. The molecule has 1 aliphatic rings. The van der Waals surface area contributed by atoms with Gasteiger partial charge in [-0.3, -0.25) is 0 Å². The summed E-state index contributed by atoms with van der Waals surface area (Å²) in [4.78, 5) is 1.54. The Bertz CT molecular complexity index is 369. The van der Waals surface area contributed by atoms with E-state index in [1.807, 2.05) is 11.3 Å². The molecule has 3 atom stereocenters. The maximum absolute atomic E-state index is 3.75. The number of rotatable bonds is 5. The van der Waals surface area contributed by atoms with E-state index < -0.39 is 0 Å². The quantitative estimate of drug-likeness (QED) is 0.821. The van der Waals surface area contributed by atoms with Gasteiger partial charge in [-0.2, -0.15) is 0 Å². The molecule has 0 amide bonds. The molecule has 0 aromatic carbocycles. The lowest BCUT2D eigenvalue weighted by atomic mass is 9.65. The molecular formula is C17H29NS. The molecule has 1 aromatic rings. The molecule has 3 unspecified atom stereocenters. The Morgan fingerprint density at radius 1 is 1.37 bits per heavy atom. The Morgan fingerprint density at radius 3 is 2.79 bits per heavy atom. The summed E-state index contributed by atoms with van der Waals surface area (Å²) in [5.74, 6) is 1.70. The van der Waals surface area contributed by atoms with Crippen molar-refractivity contribution in [1.82, 2.24) is 5.32 Å². The molecule has 1 heterocycles. The summed E-state index contributed by atoms with van der Waals surface area (Å²) >= 11 is 1.91. The summed E-state index contributed by atoms with van der Waals surface area (Å²) in [5, 5.41) is 5.96. The van der Waals surface area contributed by atoms with Crippen LogP contribution in [-0.4, -0.2) is 12.6 Å². The lowest BCUT2D eigenvalue weighted by molar-refractivity contribution is 0.0956. The highest BCUT2D eigenvalue weighted by atomic mass is 32.1. The maximum atomic E-state index is 3.75. The van der Waals surface area contributed by atoms with Gasteiger partial charge in [0.2, 0.25) is 0 Å². The van der Waals surface area contributed by atoms with Gasteiger partial charge in [-0.15, -0.1) is 11.3 Å². The summed E-state index contributed by atoms with van der Waals surface area (Å²) in [6.07, 6.45) is 5.37. The zero-order valence-corrected chi connectivity index (χ0v) is 13.7. The zero-order chi connectivity index (χ0) is 13.9. The fourth-order valence-corrected chi connectivity index (χ4v) is 4.74. The standard InChI is InChI=1S/C17H29NS/c1-5-18-16-11-13(2)8-9-15(16)17(3,4)12-14-7-6-10-19-14/h6-7,10,13,15-16,18H,5,8-9,11-12H2,1-4H3. The summed E-state index contributed by atoms with van der Waals surface area (Å²) in [6, 6.07) is 5.18. The third kappa shape index (κ3) is 3.82. The molecule has 0 saturated heterocycles. The lowest BCUT2D eigenvalue weighted by Crippen LogP contribution is -2.47. The first-order valence-corrected chi connectivity index (χ1v) is 8.66. The van der Waals surface area contributed by atoms with E-state index >= 15 is 0 Å². The molecule has 2 rings (SSSR count). The van der Waals surface area contributed by atoms with Crippen LogP contribution in [0.3, 0.4) is 0 Å². The number of hydrogen-bond acceptors (Lipinski definition) is 2. The van der Waals surface area contributed by atoms with E-state index in [4.69, 9.17) is 0 Å². The third-order valence-corrected chi connectivity index (χ3v) is 5.67. The van der Waals surface area contributed by atoms with Crippen LogP contribution < -0.4 is 5.32 Å². The van der Waals surface area contributed by atoms with Gasteiger partial charge in [0.1, 0.15) is 0 Å². The van der Waals surface area contributed by atoms with Crippen LogP contribution in [0.1, 0.15) is 51.8 Å². The van der Waals surface area contributed by atoms with Gasteiger partial charge in [0.05, 0.1) is 0 Å². The van der Waals surface area contributed by atoms with E-state index in [0.717, 1.165) is 18.4 Å². The molecule has 1 N–H and O–H groups in total. The van der Waals surface area contributed by atoms with E-state index in [1.54, 1.807) is 4.88 Å². The second-order valence-electron chi connectivity index (χ2n) is 6.93. The molecule has 0 bridgehead atoms. The normalized spacial score (nSPS) is 28.5. The molecule has 1 nitrogen and oxygen atoms in total. The third-order valence-electron chi connectivity index (χ3n) is 4.79. The van der Waals surface area contributed by atoms with Gasteiger partial charge < -0.3 is 5.32 Å². The fraction of sp³-hybridized carbons (Fsp3) is 0.765. The molecule has 0 radical (unpaired) electrons. The smallest absolute Gasteiger partial charge is 0.0103 e. The van der Waals surface area contributed by atoms with E-state index in [0.29, 0.717) is 11.5 Å². The summed E-state index contributed by atoms with van der Waals surface area (Å²) in [6.45, 7) is 10.7. The molecule has 0 spiro atoms. The average molecular weight is 279 g/mol. The number of hydrogen-bond donors (Lipinski definition) is 1. The van der Waals surface area contributed by atoms with Gasteiger partial charge in [0.15, 0.2) is 0 Å². The summed E-state index contributed by atoms with van der Waals surface area (Å²) < 4.78 is 0. The first-order chi connectivity index (χ1) is 9.03. The van der Waals surface area contributed by atoms with Crippen LogP contribution in [0.2, 0.25) is 0 Å². The van der Waals surface area contributed by atoms with Gasteiger partial charge in [-0.1, -0.05) is 40.2 Å². The molecule has 108 valence electrons. The first kappa shape index (κ1) is 15.1. The van der Waals surface area contributed by atoms with Crippen molar-refractivity contribution < 1.29 is 0 Å². The Kier molecular flexibility index (Phi) is 5.08. The van der Waals surface area contributed by atoms with Crippen molar-refractivity contribution in [2.45, 2.75) is 59.4 Å². The minimum Gasteiger partial charge on any atom is -0.314 e. The van der Waals surface area contributed by atoms with Crippen LogP contribution in [0, 0.1) is 17.3 Å². The highest BCUT2D eigenvalue weighted by molar-refractivity contribution is 7.09. The molecule has 1 aromatic heterocycles. The predicted octanol–water partition coefficient (Wildman–Crippen LogP) is 4.73. The Hall–Kier alpha value is -0.340. The van der Waals surface area contributed by atoms with Crippen LogP contribution in [-0.2, 0) is 6.42 Å². The monoisotopic (exact) mass is 279 g/mol. The molecule has 19 heavy (non-hydrogen) atoms. The van der Waals surface area contributed by atoms with E-state index in [2.05, 4.69) is 50.5 Å². The van der Waals surface area contributed by atoms with Crippen molar-refractivity contribution in [3.63, 3.8) is 0 Å². The SMILES string of the molecule is CCNC1CC(C)CCC1C(C)(C)Cc1cccs1. The molecule has 1 aliphatic carbocycles. The summed E-state index contributed by atoms with van der Waals surface area (Å²) in [5.41, 5.74) is 0.401. The van der Waals surface area contributed by atoms with Crippen LogP contribution in [0.25, 0.3) is 0 Å². The Morgan fingerprint density at radius 2 is 2.16 bits per heavy atom. The van der Waals surface area contributed by atoms with Gasteiger partial charge in [0, 0.05) is 10.9 Å². The fourth-order valence-electron chi connectivity index (χ4n) is 3.80. The molecule has 2 heteroatoms. The van der Waals surface area contributed by atoms with Crippen LogP contribution in [0.15, 0.2) is 17.5 Å². The van der Waals surface area contributed by atoms with Crippen molar-refractivity contribution >= 4 is 11.3 Å². The highest BCUT2D eigenvalue weighted by Crippen LogP contribution is 2.42. The van der Waals surface area contributed by atoms with E-state index in [1.165, 1.54) is 25.7 Å². The molecular weight excluding hydrogens is 250 g/mol. The van der Waals surface area contributed by atoms with Gasteiger partial charge in [-0.25, -0.2) is 0 Å². The Balaban J connectivity index is 2.07. The average Bonchev–Trinajstić information content (AvgIpc) is 2.81. The minimum absolute atomic E-state index is 0.401.